The number of thiol groups is 1. The van der Waals surface area contributed by atoms with Crippen LogP contribution in [0.3, 0.4) is 0 Å². The molecule has 14 heavy (non-hydrogen) atoms. The summed E-state index contributed by atoms with van der Waals surface area (Å²) >= 11 is 6.34. The molecule has 1 saturated heterocycles. The van der Waals surface area contributed by atoms with Crippen molar-refractivity contribution in [2.45, 2.75) is 32.1 Å². The summed E-state index contributed by atoms with van der Waals surface area (Å²) in [6, 6.07) is 0. The second-order valence-corrected chi connectivity index (χ2v) is 5.62. The van der Waals surface area contributed by atoms with E-state index in [0.29, 0.717) is 0 Å². The van der Waals surface area contributed by atoms with Gasteiger partial charge in [-0.1, -0.05) is 12.8 Å². The van der Waals surface area contributed by atoms with Gasteiger partial charge in [-0.15, -0.1) is 0 Å². The lowest BCUT2D eigenvalue weighted by Crippen LogP contribution is -2.27. The maximum atomic E-state index is 4.23. The van der Waals surface area contributed by atoms with Gasteiger partial charge < -0.3 is 4.90 Å². The van der Waals surface area contributed by atoms with Gasteiger partial charge in [0.25, 0.3) is 0 Å². The zero-order chi connectivity index (χ0) is 10.1. The van der Waals surface area contributed by atoms with Crippen molar-refractivity contribution >= 4 is 24.4 Å². The zero-order valence-electron chi connectivity index (χ0n) is 9.08. The lowest BCUT2D eigenvalue weighted by Gasteiger charge is -2.18. The molecule has 0 N–H and O–H groups in total. The Bertz CT molecular complexity index is 122. The molecule has 0 bridgehead atoms. The SMILES string of the molecule is SCCCCCCN1CCCSCC1. The van der Waals surface area contributed by atoms with Crippen LogP contribution in [-0.4, -0.2) is 41.8 Å². The molecule has 0 aromatic carbocycles. The first-order chi connectivity index (χ1) is 6.93. The van der Waals surface area contributed by atoms with Gasteiger partial charge in [0.15, 0.2) is 0 Å². The minimum atomic E-state index is 1.06. The Morgan fingerprint density at radius 2 is 1.86 bits per heavy atom. The predicted molar refractivity (Wildman–Crippen MR) is 70.7 cm³/mol. The topological polar surface area (TPSA) is 3.24 Å². The maximum Gasteiger partial charge on any atom is 0.00723 e. The Morgan fingerprint density at radius 3 is 2.71 bits per heavy atom. The van der Waals surface area contributed by atoms with E-state index in [-0.39, 0.29) is 0 Å². The van der Waals surface area contributed by atoms with Crippen LogP contribution in [0.2, 0.25) is 0 Å². The second kappa shape index (κ2) is 8.93. The molecule has 3 heteroatoms. The van der Waals surface area contributed by atoms with E-state index in [9.17, 15) is 0 Å². The van der Waals surface area contributed by atoms with Gasteiger partial charge in [0.1, 0.15) is 0 Å². The van der Waals surface area contributed by atoms with Crippen LogP contribution in [-0.2, 0) is 0 Å². The van der Waals surface area contributed by atoms with Crippen molar-refractivity contribution in [1.82, 2.24) is 4.90 Å². The highest BCUT2D eigenvalue weighted by molar-refractivity contribution is 7.99. The van der Waals surface area contributed by atoms with Crippen LogP contribution >= 0.6 is 24.4 Å². The quantitative estimate of drug-likeness (QED) is 0.555. The molecule has 0 unspecified atom stereocenters. The summed E-state index contributed by atoms with van der Waals surface area (Å²) in [7, 11) is 0. The van der Waals surface area contributed by atoms with Crippen molar-refractivity contribution < 1.29 is 0 Å². The van der Waals surface area contributed by atoms with Crippen molar-refractivity contribution in [3.63, 3.8) is 0 Å². The van der Waals surface area contributed by atoms with E-state index in [2.05, 4.69) is 29.3 Å². The Labute approximate surface area is 98.4 Å². The fourth-order valence-corrected chi connectivity index (χ4v) is 2.97. The minimum Gasteiger partial charge on any atom is -0.302 e. The summed E-state index contributed by atoms with van der Waals surface area (Å²) in [6.07, 6.45) is 6.83. The average molecular weight is 233 g/mol. The molecule has 1 nitrogen and oxygen atoms in total. The predicted octanol–water partition coefficient (Wildman–Crippen LogP) is 2.92. The van der Waals surface area contributed by atoms with Crippen molar-refractivity contribution in [3.05, 3.63) is 0 Å². The third-order valence-corrected chi connectivity index (χ3v) is 4.06. The van der Waals surface area contributed by atoms with Gasteiger partial charge in [-0.3, -0.25) is 0 Å². The fraction of sp³-hybridized carbons (Fsp3) is 1.00. The van der Waals surface area contributed by atoms with Gasteiger partial charge >= 0.3 is 0 Å². The smallest absolute Gasteiger partial charge is 0.00723 e. The molecule has 0 aromatic heterocycles. The number of hydrogen-bond acceptors (Lipinski definition) is 3. The van der Waals surface area contributed by atoms with E-state index in [1.165, 1.54) is 63.2 Å². The van der Waals surface area contributed by atoms with Crippen LogP contribution in [0.1, 0.15) is 32.1 Å². The normalized spacial score (nSPS) is 19.5. The summed E-state index contributed by atoms with van der Waals surface area (Å²) in [6.45, 7) is 3.98. The van der Waals surface area contributed by atoms with Gasteiger partial charge in [0.05, 0.1) is 0 Å². The molecule has 0 amide bonds. The number of thioether (sulfide) groups is 1. The molecule has 1 rings (SSSR count). The first-order valence-electron chi connectivity index (χ1n) is 5.84. The van der Waals surface area contributed by atoms with E-state index >= 15 is 0 Å². The molecule has 0 saturated carbocycles. The molecule has 0 atom stereocenters. The first-order valence-corrected chi connectivity index (χ1v) is 7.63. The molecule has 1 heterocycles. The average Bonchev–Trinajstić information content (AvgIpc) is 2.46. The molecule has 1 aliphatic rings. The molecule has 1 aliphatic heterocycles. The van der Waals surface area contributed by atoms with Crippen LogP contribution in [0.4, 0.5) is 0 Å². The van der Waals surface area contributed by atoms with Gasteiger partial charge in [-0.2, -0.15) is 24.4 Å². The highest BCUT2D eigenvalue weighted by atomic mass is 32.2. The van der Waals surface area contributed by atoms with Gasteiger partial charge in [0.2, 0.25) is 0 Å². The van der Waals surface area contributed by atoms with Crippen molar-refractivity contribution in [1.29, 1.82) is 0 Å². The molecule has 84 valence electrons. The van der Waals surface area contributed by atoms with Crippen LogP contribution in [0.15, 0.2) is 0 Å². The van der Waals surface area contributed by atoms with Crippen LogP contribution in [0.25, 0.3) is 0 Å². The number of hydrogen-bond donors (Lipinski definition) is 1. The molecular weight excluding hydrogens is 210 g/mol. The lowest BCUT2D eigenvalue weighted by molar-refractivity contribution is 0.288. The van der Waals surface area contributed by atoms with Crippen molar-refractivity contribution in [2.24, 2.45) is 0 Å². The van der Waals surface area contributed by atoms with Gasteiger partial charge in [0, 0.05) is 12.3 Å². The summed E-state index contributed by atoms with van der Waals surface area (Å²) < 4.78 is 0. The van der Waals surface area contributed by atoms with E-state index < -0.39 is 0 Å². The minimum absolute atomic E-state index is 1.06. The second-order valence-electron chi connectivity index (χ2n) is 3.95. The number of unbranched alkanes of at least 4 members (excludes halogenated alkanes) is 3. The van der Waals surface area contributed by atoms with Crippen LogP contribution in [0, 0.1) is 0 Å². The molecule has 0 aliphatic carbocycles. The van der Waals surface area contributed by atoms with E-state index in [1.807, 2.05) is 0 Å². The van der Waals surface area contributed by atoms with Crippen LogP contribution in [0.5, 0.6) is 0 Å². The standard InChI is InChI=1S/C11H23NS2/c13-9-4-2-1-3-6-12-7-5-10-14-11-8-12/h13H,1-11H2. The summed E-state index contributed by atoms with van der Waals surface area (Å²) in [5, 5.41) is 0. The third-order valence-electron chi connectivity index (χ3n) is 2.70. The van der Waals surface area contributed by atoms with E-state index in [4.69, 9.17) is 0 Å². The van der Waals surface area contributed by atoms with E-state index in [0.717, 1.165) is 5.75 Å². The van der Waals surface area contributed by atoms with Gasteiger partial charge in [-0.25, -0.2) is 0 Å². The fourth-order valence-electron chi connectivity index (χ4n) is 1.82. The largest absolute Gasteiger partial charge is 0.302 e. The Kier molecular flexibility index (Phi) is 8.12. The molecular formula is C11H23NS2. The number of nitrogens with zero attached hydrogens (tertiary/aromatic N) is 1. The first kappa shape index (κ1) is 12.7. The summed E-state index contributed by atoms with van der Waals surface area (Å²) in [4.78, 5) is 2.64. The lowest BCUT2D eigenvalue weighted by atomic mass is 10.2. The monoisotopic (exact) mass is 233 g/mol. The third kappa shape index (κ3) is 6.20. The Morgan fingerprint density at radius 1 is 1.00 bits per heavy atom. The van der Waals surface area contributed by atoms with Crippen LogP contribution < -0.4 is 0 Å². The zero-order valence-corrected chi connectivity index (χ0v) is 10.8. The summed E-state index contributed by atoms with van der Waals surface area (Å²) in [5.41, 5.74) is 0. The highest BCUT2D eigenvalue weighted by Crippen LogP contribution is 2.11. The Balaban J connectivity index is 1.93. The van der Waals surface area contributed by atoms with E-state index in [1.54, 1.807) is 0 Å². The molecule has 0 aromatic rings. The Hall–Kier alpha value is 0.660. The number of rotatable bonds is 6. The summed E-state index contributed by atoms with van der Waals surface area (Å²) in [5.74, 6) is 3.77. The van der Waals surface area contributed by atoms with Crippen molar-refractivity contribution in [3.8, 4) is 0 Å². The molecule has 0 radical (unpaired) electrons. The van der Waals surface area contributed by atoms with Gasteiger partial charge in [-0.05, 0) is 43.9 Å². The highest BCUT2D eigenvalue weighted by Gasteiger charge is 2.07. The maximum absolute atomic E-state index is 4.23. The molecule has 1 fully saturated rings. The van der Waals surface area contributed by atoms with Crippen molar-refractivity contribution in [2.75, 3.05) is 36.9 Å². The molecule has 0 spiro atoms.